The minimum absolute atomic E-state index is 0.0193. The normalized spacial score (nSPS) is 12.8. The second-order valence-corrected chi connectivity index (χ2v) is 7.90. The van der Waals surface area contributed by atoms with E-state index in [1.54, 1.807) is 0 Å². The highest BCUT2D eigenvalue weighted by Gasteiger charge is 2.16. The van der Waals surface area contributed by atoms with Crippen LogP contribution in [0.15, 0.2) is 29.2 Å². The fraction of sp³-hybridized carbons (Fsp3) is 0.455. The Hall–Kier alpha value is -1.04. The molecule has 10 heteroatoms. The van der Waals surface area contributed by atoms with E-state index in [9.17, 15) is 16.8 Å². The first-order chi connectivity index (χ1) is 9.66. The highest BCUT2D eigenvalue weighted by Crippen LogP contribution is 2.09. The van der Waals surface area contributed by atoms with Gasteiger partial charge in [0.1, 0.15) is 0 Å². The number of nitrogens with one attached hydrogen (secondary N) is 1. The molecule has 0 aliphatic carbocycles. The van der Waals surface area contributed by atoms with Gasteiger partial charge in [-0.05, 0) is 30.7 Å². The van der Waals surface area contributed by atoms with E-state index in [2.05, 4.69) is 4.72 Å². The van der Waals surface area contributed by atoms with Crippen molar-refractivity contribution in [3.8, 4) is 0 Å². The average molecular weight is 336 g/mol. The topological polar surface area (TPSA) is 136 Å². The smallest absolute Gasteiger partial charge is 0.279 e. The Bertz CT molecular complexity index is 656. The molecule has 0 aliphatic heterocycles. The molecule has 0 unspecified atom stereocenters. The Morgan fingerprint density at radius 1 is 1.14 bits per heavy atom. The molecule has 8 nitrogen and oxygen atoms in total. The Morgan fingerprint density at radius 3 is 2.19 bits per heavy atom. The van der Waals surface area contributed by atoms with Crippen LogP contribution in [0.2, 0.25) is 0 Å². The first-order valence-corrected chi connectivity index (χ1v) is 9.18. The second-order valence-electron chi connectivity index (χ2n) is 4.48. The van der Waals surface area contributed by atoms with E-state index < -0.39 is 20.2 Å². The van der Waals surface area contributed by atoms with E-state index >= 15 is 0 Å². The highest BCUT2D eigenvalue weighted by molar-refractivity contribution is 7.89. The summed E-state index contributed by atoms with van der Waals surface area (Å²) < 4.78 is 49.6. The van der Waals surface area contributed by atoms with Gasteiger partial charge in [0.25, 0.3) is 10.2 Å². The number of nitrogens with two attached hydrogens (primary N) is 2. The molecule has 0 aliphatic rings. The van der Waals surface area contributed by atoms with Gasteiger partial charge in [-0.3, -0.25) is 0 Å². The molecule has 0 atom stereocenters. The highest BCUT2D eigenvalue weighted by atomic mass is 32.2. The predicted molar refractivity (Wildman–Crippen MR) is 79.9 cm³/mol. The van der Waals surface area contributed by atoms with E-state index in [1.807, 2.05) is 0 Å². The fourth-order valence-electron chi connectivity index (χ4n) is 1.52. The van der Waals surface area contributed by atoms with Crippen molar-refractivity contribution in [1.82, 2.24) is 9.03 Å². The monoisotopic (exact) mass is 336 g/mol. The summed E-state index contributed by atoms with van der Waals surface area (Å²) in [6, 6.07) is 5.67. The van der Waals surface area contributed by atoms with Gasteiger partial charge in [0.05, 0.1) is 4.90 Å². The number of sulfonamides is 1. The predicted octanol–water partition coefficient (Wildman–Crippen LogP) is -1.05. The Morgan fingerprint density at radius 2 is 1.71 bits per heavy atom. The lowest BCUT2D eigenvalue weighted by Gasteiger charge is -2.17. The van der Waals surface area contributed by atoms with E-state index in [4.69, 9.17) is 10.9 Å². The van der Waals surface area contributed by atoms with Crippen molar-refractivity contribution in [1.29, 1.82) is 0 Å². The van der Waals surface area contributed by atoms with Crippen LogP contribution in [-0.4, -0.2) is 41.3 Å². The van der Waals surface area contributed by atoms with Crippen molar-refractivity contribution in [3.63, 3.8) is 0 Å². The summed E-state index contributed by atoms with van der Waals surface area (Å²) in [6.07, 6.45) is 0.570. The van der Waals surface area contributed by atoms with Gasteiger partial charge in [-0.15, -0.1) is 0 Å². The maximum Gasteiger partial charge on any atom is 0.279 e. The Balaban J connectivity index is 2.67. The summed E-state index contributed by atoms with van der Waals surface area (Å²) in [6.45, 7) is 0.797. The number of rotatable bonds is 8. The quantitative estimate of drug-likeness (QED) is 0.556. The minimum atomic E-state index is -3.75. The van der Waals surface area contributed by atoms with Gasteiger partial charge in [0.2, 0.25) is 10.0 Å². The van der Waals surface area contributed by atoms with Gasteiger partial charge >= 0.3 is 0 Å². The molecule has 0 heterocycles. The number of primary sulfonamides is 1. The van der Waals surface area contributed by atoms with Crippen LogP contribution in [0.25, 0.3) is 0 Å². The van der Waals surface area contributed by atoms with Crippen molar-refractivity contribution in [2.75, 3.05) is 20.1 Å². The molecule has 21 heavy (non-hydrogen) atoms. The lowest BCUT2D eigenvalue weighted by atomic mass is 10.2. The zero-order valence-electron chi connectivity index (χ0n) is 11.7. The lowest BCUT2D eigenvalue weighted by Crippen LogP contribution is -2.38. The Labute approximate surface area is 125 Å². The van der Waals surface area contributed by atoms with E-state index in [1.165, 1.54) is 35.6 Å². The van der Waals surface area contributed by atoms with Crippen molar-refractivity contribution in [2.24, 2.45) is 10.9 Å². The molecule has 0 radical (unpaired) electrons. The molecule has 0 bridgehead atoms. The molecule has 1 aromatic carbocycles. The maximum absolute atomic E-state index is 11.9. The third-order valence-corrected chi connectivity index (χ3v) is 5.24. The van der Waals surface area contributed by atoms with Crippen LogP contribution >= 0.6 is 0 Å². The number of benzene rings is 1. The first-order valence-electron chi connectivity index (χ1n) is 6.19. The lowest BCUT2D eigenvalue weighted by molar-refractivity contribution is 0.452. The van der Waals surface area contributed by atoms with Crippen LogP contribution in [0.3, 0.4) is 0 Å². The molecule has 120 valence electrons. The summed E-state index contributed by atoms with van der Waals surface area (Å²) in [7, 11) is -5.87. The second kappa shape index (κ2) is 7.29. The van der Waals surface area contributed by atoms with Crippen LogP contribution in [0, 0.1) is 0 Å². The standard InChI is InChI=1S/C11H20N4O4S2/c1-15(8-2-7-12)21(18,19)14-9-10-3-5-11(6-4-10)20(13,16)17/h3-6,14H,2,7-9,12H2,1H3,(H2,13,16,17). The average Bonchev–Trinajstić information content (AvgIpc) is 2.42. The zero-order chi connectivity index (χ0) is 16.1. The first kappa shape index (κ1) is 18.0. The zero-order valence-corrected chi connectivity index (χ0v) is 13.3. The molecule has 5 N–H and O–H groups in total. The maximum atomic E-state index is 11.9. The van der Waals surface area contributed by atoms with E-state index in [-0.39, 0.29) is 11.4 Å². The molecule has 0 aromatic heterocycles. The van der Waals surface area contributed by atoms with Crippen LogP contribution in [0.5, 0.6) is 0 Å². The van der Waals surface area contributed by atoms with Gasteiger partial charge < -0.3 is 5.73 Å². The van der Waals surface area contributed by atoms with Crippen molar-refractivity contribution in [2.45, 2.75) is 17.9 Å². The summed E-state index contributed by atoms with van der Waals surface area (Å²) in [5, 5.41) is 4.98. The Kier molecular flexibility index (Phi) is 6.25. The van der Waals surface area contributed by atoms with Crippen molar-refractivity contribution >= 4 is 20.2 Å². The summed E-state index contributed by atoms with van der Waals surface area (Å²) in [5.74, 6) is 0. The van der Waals surface area contributed by atoms with E-state index in [0.717, 1.165) is 0 Å². The SMILES string of the molecule is CN(CCCN)S(=O)(=O)NCc1ccc(S(N)(=O)=O)cc1. The molecule has 0 saturated carbocycles. The number of hydrogen-bond acceptors (Lipinski definition) is 5. The molecular weight excluding hydrogens is 316 g/mol. The van der Waals surface area contributed by atoms with Gasteiger partial charge in [-0.1, -0.05) is 12.1 Å². The van der Waals surface area contributed by atoms with Gasteiger partial charge in [-0.25, -0.2) is 13.6 Å². The third-order valence-electron chi connectivity index (χ3n) is 2.80. The fourth-order valence-corrected chi connectivity index (χ4v) is 2.97. The number of nitrogens with zero attached hydrogens (tertiary/aromatic N) is 1. The van der Waals surface area contributed by atoms with Gasteiger partial charge in [0, 0.05) is 20.1 Å². The molecule has 0 saturated heterocycles. The minimum Gasteiger partial charge on any atom is -0.330 e. The van der Waals surface area contributed by atoms with Crippen molar-refractivity contribution < 1.29 is 16.8 Å². The summed E-state index contributed by atoms with van der Waals surface area (Å²) in [4.78, 5) is -0.0193. The van der Waals surface area contributed by atoms with Crippen LogP contribution in [-0.2, 0) is 26.8 Å². The van der Waals surface area contributed by atoms with Gasteiger partial charge in [-0.2, -0.15) is 17.4 Å². The van der Waals surface area contributed by atoms with E-state index in [0.29, 0.717) is 25.1 Å². The summed E-state index contributed by atoms with van der Waals surface area (Å²) >= 11 is 0. The summed E-state index contributed by atoms with van der Waals surface area (Å²) in [5.41, 5.74) is 5.96. The molecule has 0 amide bonds. The van der Waals surface area contributed by atoms with Crippen molar-refractivity contribution in [3.05, 3.63) is 29.8 Å². The largest absolute Gasteiger partial charge is 0.330 e. The molecule has 0 fully saturated rings. The molecular formula is C11H20N4O4S2. The molecule has 1 aromatic rings. The van der Waals surface area contributed by atoms with Crippen LogP contribution in [0.1, 0.15) is 12.0 Å². The third kappa shape index (κ3) is 5.69. The van der Waals surface area contributed by atoms with Crippen LogP contribution in [0.4, 0.5) is 0 Å². The van der Waals surface area contributed by atoms with Gasteiger partial charge in [0.15, 0.2) is 0 Å². The van der Waals surface area contributed by atoms with Crippen LogP contribution < -0.4 is 15.6 Å². The molecule has 0 spiro atoms. The molecule has 1 rings (SSSR count). The number of hydrogen-bond donors (Lipinski definition) is 3.